The summed E-state index contributed by atoms with van der Waals surface area (Å²) in [5, 5.41) is 10.5. The highest BCUT2D eigenvalue weighted by Crippen LogP contribution is 2.22. The highest BCUT2D eigenvalue weighted by atomic mass is 32.2. The standard InChI is InChI=1S/C9H9N3O3S2/c13-4-7-1-9(16-5-7)17(14,15)12-8-2-10-6-11-3-8/h1-3,5-6,12-13H,4H2. The number of anilines is 1. The zero-order chi connectivity index (χ0) is 12.3. The first-order chi connectivity index (χ1) is 8.12. The quantitative estimate of drug-likeness (QED) is 0.859. The fraction of sp³-hybridized carbons (Fsp3) is 0.111. The molecule has 0 saturated heterocycles. The predicted octanol–water partition coefficient (Wildman–Crippen LogP) is 0.831. The number of nitrogens with one attached hydrogen (secondary N) is 1. The number of aliphatic hydroxyl groups excluding tert-OH is 1. The smallest absolute Gasteiger partial charge is 0.271 e. The van der Waals surface area contributed by atoms with Gasteiger partial charge in [-0.25, -0.2) is 18.4 Å². The van der Waals surface area contributed by atoms with Gasteiger partial charge < -0.3 is 5.11 Å². The highest BCUT2D eigenvalue weighted by Gasteiger charge is 2.16. The van der Waals surface area contributed by atoms with E-state index in [0.717, 1.165) is 11.3 Å². The molecule has 2 aromatic rings. The lowest BCUT2D eigenvalue weighted by atomic mass is 10.4. The van der Waals surface area contributed by atoms with E-state index >= 15 is 0 Å². The molecule has 0 radical (unpaired) electrons. The lowest BCUT2D eigenvalue weighted by Crippen LogP contribution is -2.11. The lowest BCUT2D eigenvalue weighted by molar-refractivity contribution is 0.282. The summed E-state index contributed by atoms with van der Waals surface area (Å²) in [5.74, 6) is 0. The number of aromatic nitrogens is 2. The molecular formula is C9H9N3O3S2. The van der Waals surface area contributed by atoms with Crippen molar-refractivity contribution >= 4 is 27.0 Å². The number of hydrogen-bond donors (Lipinski definition) is 2. The molecule has 0 aliphatic rings. The molecule has 0 unspecified atom stereocenters. The van der Waals surface area contributed by atoms with Gasteiger partial charge in [0.05, 0.1) is 24.7 Å². The topological polar surface area (TPSA) is 92.2 Å². The van der Waals surface area contributed by atoms with Crippen LogP contribution in [0.4, 0.5) is 5.69 Å². The monoisotopic (exact) mass is 271 g/mol. The molecule has 0 spiro atoms. The molecule has 0 saturated carbocycles. The maximum absolute atomic E-state index is 11.9. The van der Waals surface area contributed by atoms with E-state index in [-0.39, 0.29) is 10.8 Å². The van der Waals surface area contributed by atoms with E-state index in [4.69, 9.17) is 5.11 Å². The average molecular weight is 271 g/mol. The Kier molecular flexibility index (Phi) is 3.36. The van der Waals surface area contributed by atoms with Crippen LogP contribution < -0.4 is 4.72 Å². The van der Waals surface area contributed by atoms with Crippen LogP contribution in [0.5, 0.6) is 0 Å². The van der Waals surface area contributed by atoms with Crippen LogP contribution >= 0.6 is 11.3 Å². The van der Waals surface area contributed by atoms with E-state index in [1.165, 1.54) is 24.8 Å². The third kappa shape index (κ3) is 2.78. The normalized spacial score (nSPS) is 11.4. The molecule has 90 valence electrons. The molecule has 0 aliphatic heterocycles. The van der Waals surface area contributed by atoms with Crippen molar-refractivity contribution in [3.8, 4) is 0 Å². The molecule has 6 nitrogen and oxygen atoms in total. The molecule has 8 heteroatoms. The minimum Gasteiger partial charge on any atom is -0.392 e. The number of hydrogen-bond acceptors (Lipinski definition) is 6. The van der Waals surface area contributed by atoms with Crippen LogP contribution in [0.1, 0.15) is 5.56 Å². The van der Waals surface area contributed by atoms with E-state index < -0.39 is 10.0 Å². The molecule has 2 N–H and O–H groups in total. The second-order valence-corrected chi connectivity index (χ2v) is 5.99. The molecule has 2 aromatic heterocycles. The molecule has 0 aromatic carbocycles. The first-order valence-corrected chi connectivity index (χ1v) is 6.94. The van der Waals surface area contributed by atoms with Gasteiger partial charge in [0.1, 0.15) is 10.5 Å². The summed E-state index contributed by atoms with van der Waals surface area (Å²) in [5.41, 5.74) is 0.867. The highest BCUT2D eigenvalue weighted by molar-refractivity contribution is 7.94. The fourth-order valence-electron chi connectivity index (χ4n) is 1.13. The lowest BCUT2D eigenvalue weighted by Gasteiger charge is -2.04. The third-order valence-electron chi connectivity index (χ3n) is 1.89. The maximum Gasteiger partial charge on any atom is 0.271 e. The molecule has 2 rings (SSSR count). The van der Waals surface area contributed by atoms with Gasteiger partial charge in [0.15, 0.2) is 0 Å². The van der Waals surface area contributed by atoms with Crippen molar-refractivity contribution in [1.29, 1.82) is 0 Å². The summed E-state index contributed by atoms with van der Waals surface area (Å²) in [6.07, 6.45) is 4.04. The number of aliphatic hydroxyl groups is 1. The SMILES string of the molecule is O=S(=O)(Nc1cncnc1)c1cc(CO)cs1. The van der Waals surface area contributed by atoms with Crippen molar-refractivity contribution in [2.45, 2.75) is 10.8 Å². The Morgan fingerprint density at radius 2 is 2.06 bits per heavy atom. The van der Waals surface area contributed by atoms with E-state index in [2.05, 4.69) is 14.7 Å². The van der Waals surface area contributed by atoms with Gasteiger partial charge in [-0.1, -0.05) is 0 Å². The van der Waals surface area contributed by atoms with Crippen LogP contribution in [0, 0.1) is 0 Å². The van der Waals surface area contributed by atoms with Crippen LogP contribution in [-0.4, -0.2) is 23.5 Å². The number of thiophene rings is 1. The second kappa shape index (κ2) is 4.78. The summed E-state index contributed by atoms with van der Waals surface area (Å²) < 4.78 is 26.3. The van der Waals surface area contributed by atoms with Crippen molar-refractivity contribution in [2.24, 2.45) is 0 Å². The van der Waals surface area contributed by atoms with Crippen molar-refractivity contribution in [2.75, 3.05) is 4.72 Å². The third-order valence-corrected chi connectivity index (χ3v) is 4.76. The van der Waals surface area contributed by atoms with Crippen LogP contribution in [0.15, 0.2) is 34.4 Å². The molecular weight excluding hydrogens is 262 g/mol. The van der Waals surface area contributed by atoms with Gasteiger partial charge in [0, 0.05) is 0 Å². The Balaban J connectivity index is 2.25. The van der Waals surface area contributed by atoms with E-state index in [9.17, 15) is 8.42 Å². The summed E-state index contributed by atoms with van der Waals surface area (Å²) in [7, 11) is -3.63. The van der Waals surface area contributed by atoms with Gasteiger partial charge in [0.2, 0.25) is 0 Å². The Morgan fingerprint density at radius 3 is 2.65 bits per heavy atom. The van der Waals surface area contributed by atoms with Crippen molar-refractivity contribution in [3.05, 3.63) is 35.7 Å². The molecule has 0 atom stereocenters. The van der Waals surface area contributed by atoms with Gasteiger partial charge in [-0.15, -0.1) is 11.3 Å². The van der Waals surface area contributed by atoms with E-state index in [1.807, 2.05) is 0 Å². The Morgan fingerprint density at radius 1 is 1.35 bits per heavy atom. The predicted molar refractivity (Wildman–Crippen MR) is 63.1 cm³/mol. The van der Waals surface area contributed by atoms with E-state index in [1.54, 1.807) is 5.38 Å². The summed E-state index contributed by atoms with van der Waals surface area (Å²) >= 11 is 1.05. The summed E-state index contributed by atoms with van der Waals surface area (Å²) in [4.78, 5) is 7.42. The van der Waals surface area contributed by atoms with E-state index in [0.29, 0.717) is 11.3 Å². The fourth-order valence-corrected chi connectivity index (χ4v) is 3.36. The van der Waals surface area contributed by atoms with Crippen molar-refractivity contribution in [3.63, 3.8) is 0 Å². The van der Waals surface area contributed by atoms with Crippen LogP contribution in [0.2, 0.25) is 0 Å². The van der Waals surface area contributed by atoms with Crippen molar-refractivity contribution < 1.29 is 13.5 Å². The molecule has 0 bridgehead atoms. The number of nitrogens with zero attached hydrogens (tertiary/aromatic N) is 2. The van der Waals surface area contributed by atoms with Gasteiger partial charge in [-0.2, -0.15) is 0 Å². The Labute approximate surface area is 102 Å². The second-order valence-electron chi connectivity index (χ2n) is 3.16. The summed E-state index contributed by atoms with van der Waals surface area (Å²) in [6.45, 7) is -0.180. The largest absolute Gasteiger partial charge is 0.392 e. The average Bonchev–Trinajstić information content (AvgIpc) is 2.79. The summed E-state index contributed by atoms with van der Waals surface area (Å²) in [6, 6.07) is 1.43. The van der Waals surface area contributed by atoms with Crippen LogP contribution in [0.3, 0.4) is 0 Å². The molecule has 17 heavy (non-hydrogen) atoms. The Bertz CT molecular complexity index is 595. The maximum atomic E-state index is 11.9. The van der Waals surface area contributed by atoms with Gasteiger partial charge in [-0.3, -0.25) is 4.72 Å². The molecule has 0 fully saturated rings. The zero-order valence-electron chi connectivity index (χ0n) is 8.57. The first kappa shape index (κ1) is 12.0. The minimum absolute atomic E-state index is 0.144. The number of rotatable bonds is 4. The molecule has 0 amide bonds. The van der Waals surface area contributed by atoms with Crippen LogP contribution in [-0.2, 0) is 16.6 Å². The van der Waals surface area contributed by atoms with Gasteiger partial charge in [0.25, 0.3) is 10.0 Å². The zero-order valence-corrected chi connectivity index (χ0v) is 10.2. The van der Waals surface area contributed by atoms with Crippen LogP contribution in [0.25, 0.3) is 0 Å². The minimum atomic E-state index is -3.63. The Hall–Kier alpha value is -1.51. The molecule has 0 aliphatic carbocycles. The van der Waals surface area contributed by atoms with Gasteiger partial charge >= 0.3 is 0 Å². The molecule has 2 heterocycles. The number of sulfonamides is 1. The van der Waals surface area contributed by atoms with Gasteiger partial charge in [-0.05, 0) is 17.0 Å². The first-order valence-electron chi connectivity index (χ1n) is 4.58. The van der Waals surface area contributed by atoms with Crippen molar-refractivity contribution in [1.82, 2.24) is 9.97 Å².